The zero-order chi connectivity index (χ0) is 21.7. The summed E-state index contributed by atoms with van der Waals surface area (Å²) in [5.41, 5.74) is 2.28. The number of methoxy groups -OCH3 is 2. The third kappa shape index (κ3) is 4.25. The van der Waals surface area contributed by atoms with E-state index in [1.165, 1.54) is 7.11 Å². The van der Waals surface area contributed by atoms with E-state index in [1.807, 2.05) is 0 Å². The Morgan fingerprint density at radius 1 is 1.13 bits per heavy atom. The molecule has 1 heterocycles. The second-order valence-corrected chi connectivity index (χ2v) is 6.59. The Morgan fingerprint density at radius 2 is 1.87 bits per heavy atom. The van der Waals surface area contributed by atoms with E-state index in [2.05, 4.69) is 16.9 Å². The normalized spacial score (nSPS) is 10.4. The zero-order valence-corrected chi connectivity index (χ0v) is 17.1. The molecule has 0 fully saturated rings. The number of anilines is 1. The number of nitrogens with zero attached hydrogens (tertiary/aromatic N) is 2. The van der Waals surface area contributed by atoms with Crippen LogP contribution in [0.1, 0.15) is 32.1 Å². The molecule has 2 aromatic carbocycles. The highest BCUT2D eigenvalue weighted by atomic mass is 16.5. The number of hydrogen-bond donors (Lipinski definition) is 1. The van der Waals surface area contributed by atoms with Crippen LogP contribution >= 0.6 is 0 Å². The number of rotatable bonds is 8. The number of carbonyl (C=O) groups is 2. The molecule has 1 aromatic heterocycles. The minimum absolute atomic E-state index is 0.186. The summed E-state index contributed by atoms with van der Waals surface area (Å²) in [5.74, 6) is 0.912. The lowest BCUT2D eigenvalue weighted by molar-refractivity contribution is 0.101. The molecule has 0 aliphatic rings. The molecule has 1 N–H and O–H groups in total. The number of ketones is 1. The molecule has 0 atom stereocenters. The first-order valence-electron chi connectivity index (χ1n) is 9.27. The van der Waals surface area contributed by atoms with Crippen molar-refractivity contribution in [1.82, 2.24) is 9.55 Å². The molecule has 3 aromatic rings. The predicted molar refractivity (Wildman–Crippen MR) is 114 cm³/mol. The van der Waals surface area contributed by atoms with Crippen molar-refractivity contribution in [1.29, 1.82) is 0 Å². The van der Waals surface area contributed by atoms with Crippen LogP contribution in [0.4, 0.5) is 5.69 Å². The minimum Gasteiger partial charge on any atom is -0.493 e. The van der Waals surface area contributed by atoms with E-state index in [-0.39, 0.29) is 11.7 Å². The molecule has 30 heavy (non-hydrogen) atoms. The van der Waals surface area contributed by atoms with Crippen molar-refractivity contribution in [3.05, 3.63) is 84.0 Å². The SMILES string of the molecule is C=CCc1cc(C(=O)Nc2ccc(C(=O)c3nccn3C)cc2)cc(OC)c1OC. The van der Waals surface area contributed by atoms with Crippen LogP contribution in [0.25, 0.3) is 0 Å². The van der Waals surface area contributed by atoms with Crippen LogP contribution in [-0.2, 0) is 13.5 Å². The molecule has 0 aliphatic carbocycles. The zero-order valence-electron chi connectivity index (χ0n) is 17.1. The van der Waals surface area contributed by atoms with Crippen molar-refractivity contribution in [2.75, 3.05) is 19.5 Å². The molecule has 0 aliphatic heterocycles. The van der Waals surface area contributed by atoms with Crippen molar-refractivity contribution in [2.24, 2.45) is 7.05 Å². The lowest BCUT2D eigenvalue weighted by Gasteiger charge is -2.14. The highest BCUT2D eigenvalue weighted by molar-refractivity contribution is 6.08. The molecule has 0 saturated heterocycles. The van der Waals surface area contributed by atoms with Crippen LogP contribution in [0.15, 0.2) is 61.4 Å². The van der Waals surface area contributed by atoms with Crippen LogP contribution in [0, 0.1) is 0 Å². The van der Waals surface area contributed by atoms with Crippen molar-refractivity contribution < 1.29 is 19.1 Å². The number of amides is 1. The van der Waals surface area contributed by atoms with Crippen molar-refractivity contribution in [2.45, 2.75) is 6.42 Å². The summed E-state index contributed by atoms with van der Waals surface area (Å²) in [6.45, 7) is 3.74. The smallest absolute Gasteiger partial charge is 0.255 e. The van der Waals surface area contributed by atoms with Gasteiger partial charge < -0.3 is 19.4 Å². The first-order chi connectivity index (χ1) is 14.5. The standard InChI is InChI=1S/C23H23N3O4/c1-5-6-16-13-17(14-19(29-3)21(16)30-4)23(28)25-18-9-7-15(8-10-18)20(27)22-24-11-12-26(22)2/h5,7-14H,1,6H2,2-4H3,(H,25,28). The molecular formula is C23H23N3O4. The molecule has 1 amide bonds. The highest BCUT2D eigenvalue weighted by Crippen LogP contribution is 2.33. The number of nitrogens with one attached hydrogen (secondary N) is 1. The van der Waals surface area contributed by atoms with Crippen LogP contribution in [0.2, 0.25) is 0 Å². The second kappa shape index (κ2) is 9.09. The van der Waals surface area contributed by atoms with Gasteiger partial charge in [0.2, 0.25) is 5.78 Å². The summed E-state index contributed by atoms with van der Waals surface area (Å²) in [5, 5.41) is 2.84. The Kier molecular flexibility index (Phi) is 6.32. The first kappa shape index (κ1) is 20.9. The molecular weight excluding hydrogens is 382 g/mol. The van der Waals surface area contributed by atoms with Gasteiger partial charge in [-0.25, -0.2) is 4.98 Å². The Labute approximate surface area is 175 Å². The lowest BCUT2D eigenvalue weighted by Crippen LogP contribution is -2.13. The van der Waals surface area contributed by atoms with Gasteiger partial charge in [0.05, 0.1) is 14.2 Å². The second-order valence-electron chi connectivity index (χ2n) is 6.59. The maximum Gasteiger partial charge on any atom is 0.255 e. The van der Waals surface area contributed by atoms with Gasteiger partial charge in [0.25, 0.3) is 5.91 Å². The van der Waals surface area contributed by atoms with E-state index >= 15 is 0 Å². The topological polar surface area (TPSA) is 82.5 Å². The van der Waals surface area contributed by atoms with Gasteiger partial charge in [0.1, 0.15) is 0 Å². The highest BCUT2D eigenvalue weighted by Gasteiger charge is 2.17. The van der Waals surface area contributed by atoms with Crippen LogP contribution < -0.4 is 14.8 Å². The number of imidazole rings is 1. The largest absolute Gasteiger partial charge is 0.493 e. The summed E-state index contributed by atoms with van der Waals surface area (Å²) in [6.07, 6.45) is 5.55. The van der Waals surface area contributed by atoms with E-state index in [0.717, 1.165) is 5.56 Å². The van der Waals surface area contributed by atoms with E-state index in [4.69, 9.17) is 9.47 Å². The number of carbonyl (C=O) groups excluding carboxylic acids is 2. The number of hydrogen-bond acceptors (Lipinski definition) is 5. The Balaban J connectivity index is 1.80. The predicted octanol–water partition coefficient (Wildman–Crippen LogP) is 3.65. The quantitative estimate of drug-likeness (QED) is 0.457. The molecule has 0 bridgehead atoms. The summed E-state index contributed by atoms with van der Waals surface area (Å²) in [4.78, 5) is 29.4. The number of ether oxygens (including phenoxy) is 2. The van der Waals surface area contributed by atoms with Crippen molar-refractivity contribution in [3.63, 3.8) is 0 Å². The van der Waals surface area contributed by atoms with Gasteiger partial charge in [0.15, 0.2) is 17.3 Å². The van der Waals surface area contributed by atoms with Gasteiger partial charge in [-0.2, -0.15) is 0 Å². The molecule has 154 valence electrons. The van der Waals surface area contributed by atoms with Crippen LogP contribution in [0.3, 0.4) is 0 Å². The first-order valence-corrected chi connectivity index (χ1v) is 9.27. The third-order valence-corrected chi connectivity index (χ3v) is 4.61. The van der Waals surface area contributed by atoms with E-state index in [1.54, 1.807) is 73.6 Å². The van der Waals surface area contributed by atoms with Crippen molar-refractivity contribution in [3.8, 4) is 11.5 Å². The molecule has 0 spiro atoms. The van der Waals surface area contributed by atoms with Gasteiger partial charge in [-0.1, -0.05) is 6.08 Å². The fourth-order valence-electron chi connectivity index (χ4n) is 3.10. The van der Waals surface area contributed by atoms with Crippen LogP contribution in [0.5, 0.6) is 11.5 Å². The van der Waals surface area contributed by atoms with Crippen LogP contribution in [-0.4, -0.2) is 35.5 Å². The van der Waals surface area contributed by atoms with E-state index in [0.29, 0.717) is 40.6 Å². The van der Waals surface area contributed by atoms with Gasteiger partial charge in [-0.15, -0.1) is 6.58 Å². The molecule has 0 unspecified atom stereocenters. The molecule has 3 rings (SSSR count). The number of aryl methyl sites for hydroxylation is 1. The van der Waals surface area contributed by atoms with E-state index < -0.39 is 0 Å². The van der Waals surface area contributed by atoms with Gasteiger partial charge >= 0.3 is 0 Å². The maximum atomic E-state index is 12.8. The van der Waals surface area contributed by atoms with E-state index in [9.17, 15) is 9.59 Å². The summed E-state index contributed by atoms with van der Waals surface area (Å²) in [7, 11) is 4.84. The minimum atomic E-state index is -0.301. The molecule has 0 saturated carbocycles. The lowest BCUT2D eigenvalue weighted by atomic mass is 10.0. The molecule has 0 radical (unpaired) electrons. The Hall–Kier alpha value is -3.87. The average Bonchev–Trinajstić information content (AvgIpc) is 3.19. The molecule has 7 nitrogen and oxygen atoms in total. The maximum absolute atomic E-state index is 12.8. The Morgan fingerprint density at radius 3 is 2.43 bits per heavy atom. The summed E-state index contributed by atoms with van der Waals surface area (Å²) >= 11 is 0. The number of benzene rings is 2. The fourth-order valence-corrected chi connectivity index (χ4v) is 3.10. The monoisotopic (exact) mass is 405 g/mol. The summed E-state index contributed by atoms with van der Waals surface area (Å²) < 4.78 is 12.4. The molecule has 7 heteroatoms. The fraction of sp³-hybridized carbons (Fsp3) is 0.174. The average molecular weight is 405 g/mol. The third-order valence-electron chi connectivity index (χ3n) is 4.61. The van der Waals surface area contributed by atoms with Gasteiger partial charge in [0, 0.05) is 41.8 Å². The Bertz CT molecular complexity index is 1080. The van der Waals surface area contributed by atoms with Gasteiger partial charge in [-0.3, -0.25) is 9.59 Å². The summed E-state index contributed by atoms with van der Waals surface area (Å²) in [6, 6.07) is 10.0. The van der Waals surface area contributed by atoms with Gasteiger partial charge in [-0.05, 0) is 42.8 Å². The van der Waals surface area contributed by atoms with Crippen molar-refractivity contribution >= 4 is 17.4 Å². The number of allylic oxidation sites excluding steroid dienone is 1. The number of aromatic nitrogens is 2.